The van der Waals surface area contributed by atoms with Crippen LogP contribution >= 0.6 is 0 Å². The van der Waals surface area contributed by atoms with E-state index in [4.69, 9.17) is 4.74 Å². The lowest BCUT2D eigenvalue weighted by Gasteiger charge is -2.28. The fraction of sp³-hybridized carbons (Fsp3) is 0.300. The third-order valence-corrected chi connectivity index (χ3v) is 3.90. The highest BCUT2D eigenvalue weighted by Gasteiger charge is 2.26. The average molecular weight is 358 g/mol. The smallest absolute Gasteiger partial charge is 0.261 e. The standard InChI is InChI=1S/C20H23FN2O3/c1-3-22-20(25)15(2)23(13-16-9-5-4-6-10-16)19(24)14-26-18-12-8-7-11-17(18)21/h4-12,15H,3,13-14H2,1-2H3,(H,22,25). The maximum Gasteiger partial charge on any atom is 0.261 e. The molecule has 5 nitrogen and oxygen atoms in total. The number of nitrogens with zero attached hydrogens (tertiary/aromatic N) is 1. The van der Waals surface area contributed by atoms with E-state index in [9.17, 15) is 14.0 Å². The minimum absolute atomic E-state index is 0.00572. The monoisotopic (exact) mass is 358 g/mol. The normalized spacial score (nSPS) is 11.5. The molecular weight excluding hydrogens is 335 g/mol. The molecule has 0 saturated carbocycles. The lowest BCUT2D eigenvalue weighted by molar-refractivity contribution is -0.142. The summed E-state index contributed by atoms with van der Waals surface area (Å²) in [6.45, 7) is 3.86. The molecule has 0 aliphatic rings. The van der Waals surface area contributed by atoms with Gasteiger partial charge in [-0.15, -0.1) is 0 Å². The molecule has 26 heavy (non-hydrogen) atoms. The summed E-state index contributed by atoms with van der Waals surface area (Å²) in [5, 5.41) is 2.72. The Labute approximate surface area is 152 Å². The summed E-state index contributed by atoms with van der Waals surface area (Å²) in [6, 6.07) is 14.6. The van der Waals surface area contributed by atoms with Gasteiger partial charge in [0.15, 0.2) is 18.2 Å². The van der Waals surface area contributed by atoms with E-state index in [-0.39, 0.29) is 24.8 Å². The number of hydrogen-bond acceptors (Lipinski definition) is 3. The molecular formula is C20H23FN2O3. The molecule has 1 atom stereocenters. The Bertz CT molecular complexity index is 737. The van der Waals surface area contributed by atoms with Crippen molar-refractivity contribution >= 4 is 11.8 Å². The van der Waals surface area contributed by atoms with Crippen LogP contribution in [0.15, 0.2) is 54.6 Å². The van der Waals surface area contributed by atoms with Crippen molar-refractivity contribution in [3.8, 4) is 5.75 Å². The number of hydrogen-bond donors (Lipinski definition) is 1. The van der Waals surface area contributed by atoms with Crippen molar-refractivity contribution in [3.05, 3.63) is 66.0 Å². The van der Waals surface area contributed by atoms with Crippen molar-refractivity contribution < 1.29 is 18.7 Å². The van der Waals surface area contributed by atoms with E-state index in [0.717, 1.165) is 5.56 Å². The average Bonchev–Trinajstić information content (AvgIpc) is 2.65. The first kappa shape index (κ1) is 19.4. The second-order valence-corrected chi connectivity index (χ2v) is 5.80. The van der Waals surface area contributed by atoms with Gasteiger partial charge in [-0.2, -0.15) is 0 Å². The highest BCUT2D eigenvalue weighted by molar-refractivity contribution is 5.87. The minimum Gasteiger partial charge on any atom is -0.481 e. The molecule has 2 aromatic carbocycles. The Morgan fingerprint density at radius 2 is 1.77 bits per heavy atom. The molecule has 0 spiro atoms. The molecule has 2 rings (SSSR count). The van der Waals surface area contributed by atoms with Gasteiger partial charge in [-0.1, -0.05) is 42.5 Å². The van der Waals surface area contributed by atoms with Crippen LogP contribution in [0.5, 0.6) is 5.75 Å². The van der Waals surface area contributed by atoms with Crippen LogP contribution in [0, 0.1) is 5.82 Å². The topological polar surface area (TPSA) is 58.6 Å². The Balaban J connectivity index is 2.12. The van der Waals surface area contributed by atoms with Crippen LogP contribution < -0.4 is 10.1 Å². The summed E-state index contributed by atoms with van der Waals surface area (Å²) in [4.78, 5) is 26.3. The van der Waals surface area contributed by atoms with Gasteiger partial charge in [-0.25, -0.2) is 4.39 Å². The van der Waals surface area contributed by atoms with Gasteiger partial charge in [-0.3, -0.25) is 9.59 Å². The van der Waals surface area contributed by atoms with Crippen LogP contribution in [0.2, 0.25) is 0 Å². The van der Waals surface area contributed by atoms with Crippen molar-refractivity contribution in [1.82, 2.24) is 10.2 Å². The fourth-order valence-electron chi connectivity index (χ4n) is 2.47. The maximum atomic E-state index is 13.7. The molecule has 2 amide bonds. The van der Waals surface area contributed by atoms with Crippen LogP contribution in [0.1, 0.15) is 19.4 Å². The Morgan fingerprint density at radius 3 is 2.42 bits per heavy atom. The number of halogens is 1. The molecule has 138 valence electrons. The number of para-hydroxylation sites is 1. The van der Waals surface area contributed by atoms with Crippen LogP contribution in [0.4, 0.5) is 4.39 Å². The lowest BCUT2D eigenvalue weighted by Crippen LogP contribution is -2.49. The van der Waals surface area contributed by atoms with Crippen molar-refractivity contribution in [2.24, 2.45) is 0 Å². The Kier molecular flexibility index (Phi) is 7.14. The molecule has 0 fully saturated rings. The van der Waals surface area contributed by atoms with Crippen LogP contribution in [0.3, 0.4) is 0 Å². The largest absolute Gasteiger partial charge is 0.481 e. The molecule has 0 bridgehead atoms. The van der Waals surface area contributed by atoms with Crippen molar-refractivity contribution in [3.63, 3.8) is 0 Å². The van der Waals surface area contributed by atoms with Crippen LogP contribution in [0.25, 0.3) is 0 Å². The first-order valence-electron chi connectivity index (χ1n) is 8.51. The fourth-order valence-corrected chi connectivity index (χ4v) is 2.47. The van der Waals surface area contributed by atoms with Crippen molar-refractivity contribution in [2.45, 2.75) is 26.4 Å². The molecule has 0 aliphatic heterocycles. The van der Waals surface area contributed by atoms with Crippen LogP contribution in [-0.4, -0.2) is 35.9 Å². The molecule has 1 unspecified atom stereocenters. The zero-order valence-electron chi connectivity index (χ0n) is 14.9. The predicted molar refractivity (Wildman–Crippen MR) is 97.0 cm³/mol. The Morgan fingerprint density at radius 1 is 1.12 bits per heavy atom. The minimum atomic E-state index is -0.674. The predicted octanol–water partition coefficient (Wildman–Crippen LogP) is 2.76. The molecule has 0 saturated heterocycles. The number of likely N-dealkylation sites (N-methyl/N-ethyl adjacent to an activating group) is 1. The van der Waals surface area contributed by atoms with Gasteiger partial charge < -0.3 is 15.0 Å². The molecule has 0 radical (unpaired) electrons. The summed E-state index contributed by atoms with van der Waals surface area (Å²) >= 11 is 0. The summed E-state index contributed by atoms with van der Waals surface area (Å²) < 4.78 is 19.0. The SMILES string of the molecule is CCNC(=O)C(C)N(Cc1ccccc1)C(=O)COc1ccccc1F. The second kappa shape index (κ2) is 9.56. The first-order valence-corrected chi connectivity index (χ1v) is 8.51. The summed E-state index contributed by atoms with van der Waals surface area (Å²) in [5.41, 5.74) is 0.892. The first-order chi connectivity index (χ1) is 12.5. The summed E-state index contributed by atoms with van der Waals surface area (Å²) in [6.07, 6.45) is 0. The van der Waals surface area contributed by atoms with Gasteiger partial charge in [0.05, 0.1) is 0 Å². The Hall–Kier alpha value is -2.89. The van der Waals surface area contributed by atoms with E-state index < -0.39 is 17.8 Å². The van der Waals surface area contributed by atoms with E-state index >= 15 is 0 Å². The number of amides is 2. The number of rotatable bonds is 8. The van der Waals surface area contributed by atoms with E-state index in [1.807, 2.05) is 37.3 Å². The molecule has 0 aromatic heterocycles. The van der Waals surface area contributed by atoms with E-state index in [2.05, 4.69) is 5.32 Å². The van der Waals surface area contributed by atoms with Gasteiger partial charge >= 0.3 is 0 Å². The van der Waals surface area contributed by atoms with Crippen LogP contribution in [-0.2, 0) is 16.1 Å². The molecule has 0 aliphatic carbocycles. The summed E-state index contributed by atoms with van der Waals surface area (Å²) in [5.74, 6) is -1.17. The highest BCUT2D eigenvalue weighted by atomic mass is 19.1. The van der Waals surface area contributed by atoms with Gasteiger partial charge in [0.1, 0.15) is 6.04 Å². The number of carbonyl (C=O) groups excluding carboxylic acids is 2. The zero-order valence-corrected chi connectivity index (χ0v) is 14.9. The quantitative estimate of drug-likeness (QED) is 0.789. The van der Waals surface area contributed by atoms with Crippen molar-refractivity contribution in [1.29, 1.82) is 0 Å². The number of nitrogens with one attached hydrogen (secondary N) is 1. The zero-order chi connectivity index (χ0) is 18.9. The van der Waals surface area contributed by atoms with Gasteiger partial charge in [0, 0.05) is 13.1 Å². The molecule has 6 heteroatoms. The van der Waals surface area contributed by atoms with Crippen molar-refractivity contribution in [2.75, 3.05) is 13.2 Å². The maximum absolute atomic E-state index is 13.7. The van der Waals surface area contributed by atoms with E-state index in [0.29, 0.717) is 6.54 Å². The third kappa shape index (κ3) is 5.31. The third-order valence-electron chi connectivity index (χ3n) is 3.90. The molecule has 1 N–H and O–H groups in total. The number of benzene rings is 2. The van der Waals surface area contributed by atoms with Gasteiger partial charge in [0.2, 0.25) is 5.91 Å². The highest BCUT2D eigenvalue weighted by Crippen LogP contribution is 2.16. The van der Waals surface area contributed by atoms with Gasteiger partial charge in [0.25, 0.3) is 5.91 Å². The number of ether oxygens (including phenoxy) is 1. The molecule has 0 heterocycles. The molecule has 2 aromatic rings. The van der Waals surface area contributed by atoms with E-state index in [1.165, 1.54) is 17.0 Å². The second-order valence-electron chi connectivity index (χ2n) is 5.80. The summed E-state index contributed by atoms with van der Waals surface area (Å²) in [7, 11) is 0. The lowest BCUT2D eigenvalue weighted by atomic mass is 10.1. The number of carbonyl (C=O) groups is 2. The van der Waals surface area contributed by atoms with Gasteiger partial charge in [-0.05, 0) is 31.5 Å². The van der Waals surface area contributed by atoms with E-state index in [1.54, 1.807) is 19.1 Å².